The molecule has 13 heavy (non-hydrogen) atoms. The van der Waals surface area contributed by atoms with Crippen molar-refractivity contribution in [3.05, 3.63) is 28.8 Å². The Labute approximate surface area is 86.5 Å². The second-order valence-electron chi connectivity index (χ2n) is 3.44. The Hall–Kier alpha value is -0.210. The highest BCUT2D eigenvalue weighted by molar-refractivity contribution is 7.99. The minimum absolute atomic E-state index is 0.590. The van der Waals surface area contributed by atoms with Crippen LogP contribution in [0.2, 0.25) is 5.02 Å². The summed E-state index contributed by atoms with van der Waals surface area (Å²) in [6.07, 6.45) is 0.590. The second-order valence-corrected chi connectivity index (χ2v) is 5.01. The minimum atomic E-state index is -1.18. The number of fused-ring (bicyclic) bond motifs is 1. The number of benzene rings is 1. The molecule has 0 saturated carbocycles. The van der Waals surface area contributed by atoms with Crippen molar-refractivity contribution in [3.63, 3.8) is 0 Å². The summed E-state index contributed by atoms with van der Waals surface area (Å²) in [5.41, 5.74) is -0.390. The van der Waals surface area contributed by atoms with Crippen LogP contribution >= 0.6 is 23.4 Å². The lowest BCUT2D eigenvalue weighted by Crippen LogP contribution is -2.20. The SMILES string of the molecule is CC1(F)CCSc2cc(Cl)ccc21. The molecule has 1 aromatic carbocycles. The van der Waals surface area contributed by atoms with Crippen LogP contribution in [-0.4, -0.2) is 5.75 Å². The van der Waals surface area contributed by atoms with E-state index < -0.39 is 5.67 Å². The number of hydrogen-bond donors (Lipinski definition) is 0. The zero-order valence-electron chi connectivity index (χ0n) is 7.31. The van der Waals surface area contributed by atoms with Gasteiger partial charge in [0.1, 0.15) is 5.67 Å². The molecule has 0 bridgehead atoms. The third kappa shape index (κ3) is 1.70. The van der Waals surface area contributed by atoms with Crippen LogP contribution in [0.1, 0.15) is 18.9 Å². The Balaban J connectivity index is 2.53. The fourth-order valence-corrected chi connectivity index (χ4v) is 3.12. The summed E-state index contributed by atoms with van der Waals surface area (Å²) in [5, 5.41) is 0.684. The molecule has 0 radical (unpaired) electrons. The second kappa shape index (κ2) is 3.18. The Bertz CT molecular complexity index is 336. The van der Waals surface area contributed by atoms with Crippen LogP contribution in [0.15, 0.2) is 23.1 Å². The van der Waals surface area contributed by atoms with Gasteiger partial charge in [0, 0.05) is 21.2 Å². The lowest BCUT2D eigenvalue weighted by molar-refractivity contribution is 0.180. The van der Waals surface area contributed by atoms with E-state index in [0.29, 0.717) is 11.4 Å². The molecule has 3 heteroatoms. The standard InChI is InChI=1S/C10H10ClFS/c1-10(12)4-5-13-9-6-7(11)2-3-8(9)10/h2-3,6H,4-5H2,1H3. The predicted molar refractivity (Wildman–Crippen MR) is 55.3 cm³/mol. The highest BCUT2D eigenvalue weighted by Crippen LogP contribution is 2.43. The fourth-order valence-electron chi connectivity index (χ4n) is 1.53. The van der Waals surface area contributed by atoms with E-state index >= 15 is 0 Å². The van der Waals surface area contributed by atoms with Crippen molar-refractivity contribution in [2.75, 3.05) is 5.75 Å². The van der Waals surface area contributed by atoms with E-state index in [1.54, 1.807) is 30.8 Å². The van der Waals surface area contributed by atoms with Gasteiger partial charge in [-0.05, 0) is 25.5 Å². The predicted octanol–water partition coefficient (Wildman–Crippen LogP) is 4.02. The first-order chi connectivity index (χ1) is 6.09. The molecule has 1 heterocycles. The first-order valence-corrected chi connectivity index (χ1v) is 5.58. The van der Waals surface area contributed by atoms with Crippen LogP contribution in [-0.2, 0) is 5.67 Å². The van der Waals surface area contributed by atoms with E-state index in [9.17, 15) is 4.39 Å². The molecule has 0 spiro atoms. The average molecular weight is 217 g/mol. The first-order valence-electron chi connectivity index (χ1n) is 4.21. The number of alkyl halides is 1. The van der Waals surface area contributed by atoms with Crippen molar-refractivity contribution in [2.45, 2.75) is 23.9 Å². The van der Waals surface area contributed by atoms with Gasteiger partial charge < -0.3 is 0 Å². The van der Waals surface area contributed by atoms with Gasteiger partial charge in [0.25, 0.3) is 0 Å². The molecule has 2 rings (SSSR count). The van der Waals surface area contributed by atoms with Crippen molar-refractivity contribution in [1.29, 1.82) is 0 Å². The van der Waals surface area contributed by atoms with Crippen molar-refractivity contribution < 1.29 is 4.39 Å². The lowest BCUT2D eigenvalue weighted by Gasteiger charge is -2.28. The normalized spacial score (nSPS) is 27.0. The molecule has 0 N–H and O–H groups in total. The van der Waals surface area contributed by atoms with Gasteiger partial charge in [-0.3, -0.25) is 0 Å². The van der Waals surface area contributed by atoms with Gasteiger partial charge in [-0.2, -0.15) is 0 Å². The zero-order chi connectivity index (χ0) is 9.47. The number of thioether (sulfide) groups is 1. The zero-order valence-corrected chi connectivity index (χ0v) is 8.88. The summed E-state index contributed by atoms with van der Waals surface area (Å²) < 4.78 is 13.9. The van der Waals surface area contributed by atoms with Crippen LogP contribution in [0.5, 0.6) is 0 Å². The Kier molecular flexibility index (Phi) is 2.28. The van der Waals surface area contributed by atoms with Gasteiger partial charge in [0.05, 0.1) is 0 Å². The van der Waals surface area contributed by atoms with Gasteiger partial charge in [-0.1, -0.05) is 17.7 Å². The summed E-state index contributed by atoms with van der Waals surface area (Å²) in [4.78, 5) is 0.990. The van der Waals surface area contributed by atoms with Gasteiger partial charge >= 0.3 is 0 Å². The summed E-state index contributed by atoms with van der Waals surface area (Å²) in [6.45, 7) is 1.64. The summed E-state index contributed by atoms with van der Waals surface area (Å²) in [7, 11) is 0. The van der Waals surface area contributed by atoms with Crippen molar-refractivity contribution in [2.24, 2.45) is 0 Å². The molecule has 0 nitrogen and oxygen atoms in total. The maximum atomic E-state index is 13.9. The largest absolute Gasteiger partial charge is 0.239 e. The molecule has 0 aromatic heterocycles. The van der Waals surface area contributed by atoms with Crippen LogP contribution < -0.4 is 0 Å². The first kappa shape index (κ1) is 9.35. The Morgan fingerprint density at radius 1 is 1.54 bits per heavy atom. The van der Waals surface area contributed by atoms with E-state index in [-0.39, 0.29) is 0 Å². The maximum absolute atomic E-state index is 13.9. The topological polar surface area (TPSA) is 0 Å². The molecule has 0 fully saturated rings. The Morgan fingerprint density at radius 3 is 3.08 bits per heavy atom. The summed E-state index contributed by atoms with van der Waals surface area (Å²) in [5.74, 6) is 0.834. The van der Waals surface area contributed by atoms with Crippen LogP contribution in [0.3, 0.4) is 0 Å². The number of rotatable bonds is 0. The van der Waals surface area contributed by atoms with Crippen molar-refractivity contribution in [1.82, 2.24) is 0 Å². The third-order valence-electron chi connectivity index (χ3n) is 2.33. The molecule has 70 valence electrons. The number of halogens is 2. The monoisotopic (exact) mass is 216 g/mol. The molecule has 1 unspecified atom stereocenters. The van der Waals surface area contributed by atoms with Gasteiger partial charge in [0.2, 0.25) is 0 Å². The molecule has 1 aliphatic heterocycles. The van der Waals surface area contributed by atoms with Gasteiger partial charge in [0.15, 0.2) is 0 Å². The highest BCUT2D eigenvalue weighted by atomic mass is 35.5. The van der Waals surface area contributed by atoms with Crippen LogP contribution in [0.4, 0.5) is 4.39 Å². The molecule has 0 amide bonds. The van der Waals surface area contributed by atoms with E-state index in [2.05, 4.69) is 0 Å². The Morgan fingerprint density at radius 2 is 2.31 bits per heavy atom. The van der Waals surface area contributed by atoms with Crippen molar-refractivity contribution >= 4 is 23.4 Å². The minimum Gasteiger partial charge on any atom is -0.239 e. The quantitative estimate of drug-likeness (QED) is 0.631. The van der Waals surface area contributed by atoms with Gasteiger partial charge in [-0.15, -0.1) is 11.8 Å². The molecule has 1 aromatic rings. The maximum Gasteiger partial charge on any atom is 0.135 e. The summed E-state index contributed by atoms with van der Waals surface area (Å²) in [6, 6.07) is 5.40. The average Bonchev–Trinajstić information content (AvgIpc) is 2.02. The molecule has 0 saturated heterocycles. The van der Waals surface area contributed by atoms with Gasteiger partial charge in [-0.25, -0.2) is 4.39 Å². The van der Waals surface area contributed by atoms with Crippen molar-refractivity contribution in [3.8, 4) is 0 Å². The molecule has 1 aliphatic rings. The van der Waals surface area contributed by atoms with Crippen LogP contribution in [0, 0.1) is 0 Å². The fraction of sp³-hybridized carbons (Fsp3) is 0.400. The number of hydrogen-bond acceptors (Lipinski definition) is 1. The lowest BCUT2D eigenvalue weighted by atomic mass is 9.95. The van der Waals surface area contributed by atoms with E-state index in [0.717, 1.165) is 16.2 Å². The molecular weight excluding hydrogens is 207 g/mol. The molecule has 1 atom stereocenters. The smallest absolute Gasteiger partial charge is 0.135 e. The highest BCUT2D eigenvalue weighted by Gasteiger charge is 2.31. The van der Waals surface area contributed by atoms with Crippen LogP contribution in [0.25, 0.3) is 0 Å². The van der Waals surface area contributed by atoms with E-state index in [1.807, 2.05) is 6.07 Å². The molecular formula is C10H10ClFS. The molecule has 0 aliphatic carbocycles. The van der Waals surface area contributed by atoms with E-state index in [4.69, 9.17) is 11.6 Å². The van der Waals surface area contributed by atoms with E-state index in [1.165, 1.54) is 0 Å². The third-order valence-corrected chi connectivity index (χ3v) is 3.63. The summed E-state index contributed by atoms with van der Waals surface area (Å²) >= 11 is 7.51.